The monoisotopic (exact) mass is 225 g/mol. The van der Waals surface area contributed by atoms with Crippen molar-refractivity contribution in [1.29, 1.82) is 0 Å². The van der Waals surface area contributed by atoms with Gasteiger partial charge in [-0.05, 0) is 25.0 Å². The van der Waals surface area contributed by atoms with E-state index in [2.05, 4.69) is 10.7 Å². The molecule has 1 aromatic rings. The third-order valence-electron chi connectivity index (χ3n) is 2.60. The van der Waals surface area contributed by atoms with Crippen LogP contribution in [0.25, 0.3) is 0 Å². The topological polar surface area (TPSA) is 68.5 Å². The normalized spacial score (nSPS) is 10.1. The zero-order valence-corrected chi connectivity index (χ0v) is 10.2. The van der Waals surface area contributed by atoms with E-state index in [1.807, 2.05) is 19.9 Å². The van der Waals surface area contributed by atoms with Gasteiger partial charge in [-0.15, -0.1) is 0 Å². The van der Waals surface area contributed by atoms with Gasteiger partial charge in [-0.25, -0.2) is 5.43 Å². The number of methoxy groups -OCH3 is 2. The van der Waals surface area contributed by atoms with Crippen LogP contribution in [0.15, 0.2) is 6.07 Å². The maximum absolute atomic E-state index is 5.37. The van der Waals surface area contributed by atoms with Crippen LogP contribution in [0.1, 0.15) is 11.1 Å². The molecule has 1 aromatic carbocycles. The number of anilines is 1. The minimum Gasteiger partial charge on any atom is -0.496 e. The van der Waals surface area contributed by atoms with Crippen LogP contribution in [0.4, 0.5) is 5.69 Å². The molecule has 0 aliphatic heterocycles. The third-order valence-corrected chi connectivity index (χ3v) is 2.60. The Labute approximate surface area is 95.9 Å². The largest absolute Gasteiger partial charge is 0.496 e. The quantitative estimate of drug-likeness (QED) is 0.398. The van der Waals surface area contributed by atoms with E-state index in [0.29, 0.717) is 6.67 Å². The summed E-state index contributed by atoms with van der Waals surface area (Å²) >= 11 is 0. The van der Waals surface area contributed by atoms with Gasteiger partial charge in [-0.3, -0.25) is 5.84 Å². The average molecular weight is 225 g/mol. The lowest BCUT2D eigenvalue weighted by Gasteiger charge is -2.17. The highest BCUT2D eigenvalue weighted by Crippen LogP contribution is 2.36. The van der Waals surface area contributed by atoms with E-state index in [1.54, 1.807) is 14.2 Å². The maximum Gasteiger partial charge on any atom is 0.145 e. The average Bonchev–Trinajstić information content (AvgIpc) is 2.30. The lowest BCUT2D eigenvalue weighted by molar-refractivity contribution is 0.399. The summed E-state index contributed by atoms with van der Waals surface area (Å²) in [6.07, 6.45) is 0. The van der Waals surface area contributed by atoms with Gasteiger partial charge in [-0.1, -0.05) is 0 Å². The summed E-state index contributed by atoms with van der Waals surface area (Å²) in [5.74, 6) is 6.87. The van der Waals surface area contributed by atoms with Crippen LogP contribution in [0, 0.1) is 13.8 Å². The fourth-order valence-electron chi connectivity index (χ4n) is 1.61. The minimum atomic E-state index is 0.460. The van der Waals surface area contributed by atoms with Gasteiger partial charge in [0.2, 0.25) is 0 Å². The smallest absolute Gasteiger partial charge is 0.145 e. The Kier molecular flexibility index (Phi) is 4.39. The molecule has 0 radical (unpaired) electrons. The summed E-state index contributed by atoms with van der Waals surface area (Å²) in [6, 6.07) is 1.90. The second-order valence-corrected chi connectivity index (χ2v) is 3.47. The first-order chi connectivity index (χ1) is 7.65. The number of nitrogens with two attached hydrogens (primary N) is 1. The predicted molar refractivity (Wildman–Crippen MR) is 64.8 cm³/mol. The first-order valence-corrected chi connectivity index (χ1v) is 5.05. The van der Waals surface area contributed by atoms with Crippen molar-refractivity contribution in [2.75, 3.05) is 26.2 Å². The molecule has 0 spiro atoms. The zero-order chi connectivity index (χ0) is 12.1. The summed E-state index contributed by atoms with van der Waals surface area (Å²) in [4.78, 5) is 0. The molecule has 0 saturated carbocycles. The van der Waals surface area contributed by atoms with E-state index in [-0.39, 0.29) is 0 Å². The van der Waals surface area contributed by atoms with Gasteiger partial charge in [0.25, 0.3) is 0 Å². The number of ether oxygens (including phenoxy) is 2. The molecule has 0 atom stereocenters. The molecule has 5 heteroatoms. The number of rotatable bonds is 5. The van der Waals surface area contributed by atoms with Gasteiger partial charge in [0.05, 0.1) is 26.6 Å². The molecule has 1 rings (SSSR count). The highest BCUT2D eigenvalue weighted by atomic mass is 16.5. The van der Waals surface area contributed by atoms with Gasteiger partial charge in [0, 0.05) is 6.07 Å². The molecule has 0 aliphatic carbocycles. The number of hydrogen-bond acceptors (Lipinski definition) is 5. The van der Waals surface area contributed by atoms with Gasteiger partial charge in [0.15, 0.2) is 0 Å². The lowest BCUT2D eigenvalue weighted by atomic mass is 10.1. The fraction of sp³-hybridized carbons (Fsp3) is 0.455. The molecule has 0 amide bonds. The van der Waals surface area contributed by atoms with Crippen molar-refractivity contribution >= 4 is 5.69 Å². The SMILES string of the molecule is COc1cc(NCNN)c(OC)c(C)c1C. The van der Waals surface area contributed by atoms with Crippen LogP contribution in [-0.2, 0) is 0 Å². The summed E-state index contributed by atoms with van der Waals surface area (Å²) in [5, 5.41) is 3.12. The summed E-state index contributed by atoms with van der Waals surface area (Å²) in [6.45, 7) is 4.46. The zero-order valence-electron chi connectivity index (χ0n) is 10.2. The van der Waals surface area contributed by atoms with E-state index in [1.165, 1.54) is 0 Å². The van der Waals surface area contributed by atoms with Gasteiger partial charge in [0.1, 0.15) is 11.5 Å². The molecular formula is C11H19N3O2. The number of benzene rings is 1. The Morgan fingerprint density at radius 1 is 1.19 bits per heavy atom. The third kappa shape index (κ3) is 2.37. The van der Waals surface area contributed by atoms with Crippen molar-refractivity contribution in [2.45, 2.75) is 13.8 Å². The Bertz CT molecular complexity index is 367. The first kappa shape index (κ1) is 12.6. The van der Waals surface area contributed by atoms with E-state index in [4.69, 9.17) is 15.3 Å². The van der Waals surface area contributed by atoms with Crippen LogP contribution in [0.3, 0.4) is 0 Å². The van der Waals surface area contributed by atoms with E-state index in [9.17, 15) is 0 Å². The molecule has 0 unspecified atom stereocenters. The first-order valence-electron chi connectivity index (χ1n) is 5.05. The Balaban J connectivity index is 3.18. The van der Waals surface area contributed by atoms with E-state index < -0.39 is 0 Å². The van der Waals surface area contributed by atoms with Crippen molar-refractivity contribution in [3.05, 3.63) is 17.2 Å². The highest BCUT2D eigenvalue weighted by Gasteiger charge is 2.13. The molecule has 0 fully saturated rings. The predicted octanol–water partition coefficient (Wildman–Crippen LogP) is 1.15. The van der Waals surface area contributed by atoms with Crippen molar-refractivity contribution in [3.8, 4) is 11.5 Å². The second-order valence-electron chi connectivity index (χ2n) is 3.47. The van der Waals surface area contributed by atoms with Gasteiger partial charge < -0.3 is 14.8 Å². The van der Waals surface area contributed by atoms with Crippen LogP contribution in [0.2, 0.25) is 0 Å². The van der Waals surface area contributed by atoms with Crippen molar-refractivity contribution < 1.29 is 9.47 Å². The molecular weight excluding hydrogens is 206 g/mol. The minimum absolute atomic E-state index is 0.460. The van der Waals surface area contributed by atoms with Crippen molar-refractivity contribution in [3.63, 3.8) is 0 Å². The standard InChI is InChI=1S/C11H19N3O2/c1-7-8(2)11(16-4)9(13-6-14-12)5-10(7)15-3/h5,13-14H,6,12H2,1-4H3. The molecule has 5 nitrogen and oxygen atoms in total. The maximum atomic E-state index is 5.37. The molecule has 0 saturated heterocycles. The highest BCUT2D eigenvalue weighted by molar-refractivity contribution is 5.66. The lowest BCUT2D eigenvalue weighted by Crippen LogP contribution is -2.28. The second kappa shape index (κ2) is 5.58. The molecule has 16 heavy (non-hydrogen) atoms. The molecule has 0 bridgehead atoms. The van der Waals surface area contributed by atoms with Gasteiger partial charge >= 0.3 is 0 Å². The number of hydrazine groups is 1. The number of hydrogen-bond donors (Lipinski definition) is 3. The van der Waals surface area contributed by atoms with E-state index >= 15 is 0 Å². The van der Waals surface area contributed by atoms with Crippen LogP contribution in [-0.4, -0.2) is 20.9 Å². The van der Waals surface area contributed by atoms with Crippen LogP contribution >= 0.6 is 0 Å². The Hall–Kier alpha value is -1.46. The summed E-state index contributed by atoms with van der Waals surface area (Å²) in [7, 11) is 3.30. The Morgan fingerprint density at radius 3 is 2.38 bits per heavy atom. The van der Waals surface area contributed by atoms with Crippen LogP contribution < -0.4 is 26.1 Å². The van der Waals surface area contributed by atoms with Crippen molar-refractivity contribution in [2.24, 2.45) is 5.84 Å². The molecule has 4 N–H and O–H groups in total. The molecule has 0 heterocycles. The summed E-state index contributed by atoms with van der Waals surface area (Å²) in [5.41, 5.74) is 5.52. The van der Waals surface area contributed by atoms with E-state index in [0.717, 1.165) is 28.3 Å². The number of nitrogens with one attached hydrogen (secondary N) is 2. The molecule has 0 aliphatic rings. The van der Waals surface area contributed by atoms with Crippen molar-refractivity contribution in [1.82, 2.24) is 5.43 Å². The molecule has 0 aromatic heterocycles. The summed E-state index contributed by atoms with van der Waals surface area (Å²) < 4.78 is 10.7. The Morgan fingerprint density at radius 2 is 1.88 bits per heavy atom. The fourth-order valence-corrected chi connectivity index (χ4v) is 1.61. The molecule has 90 valence electrons. The van der Waals surface area contributed by atoms with Gasteiger partial charge in [-0.2, -0.15) is 0 Å². The van der Waals surface area contributed by atoms with Crippen LogP contribution in [0.5, 0.6) is 11.5 Å².